The lowest BCUT2D eigenvalue weighted by molar-refractivity contribution is -0.148. The van der Waals surface area contributed by atoms with Crippen LogP contribution in [0.2, 0.25) is 0 Å². The van der Waals surface area contributed by atoms with Crippen molar-refractivity contribution in [3.63, 3.8) is 0 Å². The van der Waals surface area contributed by atoms with Gasteiger partial charge in [0.2, 0.25) is 0 Å². The molecule has 88 valence electrons. The summed E-state index contributed by atoms with van der Waals surface area (Å²) in [5.74, 6) is -0.905. The quantitative estimate of drug-likeness (QED) is 0.299. The number of ether oxygens (including phenoxy) is 2. The van der Waals surface area contributed by atoms with Gasteiger partial charge in [-0.15, -0.1) is 0 Å². The van der Waals surface area contributed by atoms with Crippen molar-refractivity contribution in [1.82, 2.24) is 0 Å². The van der Waals surface area contributed by atoms with Crippen LogP contribution < -0.4 is 0 Å². The molecule has 0 aromatic rings. The van der Waals surface area contributed by atoms with Crippen LogP contribution >= 0.6 is 0 Å². The number of esters is 2. The maximum atomic E-state index is 11.5. The summed E-state index contributed by atoms with van der Waals surface area (Å²) in [4.78, 5) is 21.9. The highest BCUT2D eigenvalue weighted by Gasteiger charge is 2.09. The minimum absolute atomic E-state index is 0.0280. The van der Waals surface area contributed by atoms with E-state index in [9.17, 15) is 9.59 Å². The Kier molecular flexibility index (Phi) is 6.59. The number of hydrogen-bond donors (Lipinski definition) is 0. The standard InChI is InChI=1S/C12H16O4/c1-5-9(3)11(6-2)12(14)16-8-7-15-10(4)13/h5-6H,1-2,7-8H2,3-4H3/b11-9+. The van der Waals surface area contributed by atoms with Crippen molar-refractivity contribution in [2.75, 3.05) is 13.2 Å². The summed E-state index contributed by atoms with van der Waals surface area (Å²) >= 11 is 0. The molecule has 0 aliphatic rings. The predicted molar refractivity (Wildman–Crippen MR) is 60.7 cm³/mol. The molecular weight excluding hydrogens is 208 g/mol. The first-order chi connectivity index (χ1) is 7.52. The molecule has 0 heterocycles. The molecule has 0 bridgehead atoms. The maximum Gasteiger partial charge on any atom is 0.338 e. The summed E-state index contributed by atoms with van der Waals surface area (Å²) in [6.45, 7) is 10.2. The van der Waals surface area contributed by atoms with E-state index >= 15 is 0 Å². The predicted octanol–water partition coefficient (Wildman–Crippen LogP) is 1.78. The van der Waals surface area contributed by atoms with Gasteiger partial charge in [-0.25, -0.2) is 4.79 Å². The fourth-order valence-corrected chi connectivity index (χ4v) is 0.913. The van der Waals surface area contributed by atoms with Crippen molar-refractivity contribution in [2.45, 2.75) is 13.8 Å². The van der Waals surface area contributed by atoms with Crippen molar-refractivity contribution < 1.29 is 19.1 Å². The lowest BCUT2D eigenvalue weighted by atomic mass is 10.1. The molecule has 0 spiro atoms. The molecule has 0 atom stereocenters. The second-order valence-electron chi connectivity index (χ2n) is 2.98. The van der Waals surface area contributed by atoms with Gasteiger partial charge in [0.05, 0.1) is 5.57 Å². The van der Waals surface area contributed by atoms with E-state index in [2.05, 4.69) is 17.9 Å². The van der Waals surface area contributed by atoms with Gasteiger partial charge in [0.15, 0.2) is 0 Å². The number of carbonyl (C=O) groups excluding carboxylic acids is 2. The summed E-state index contributed by atoms with van der Waals surface area (Å²) < 4.78 is 9.49. The monoisotopic (exact) mass is 224 g/mol. The number of hydrogen-bond acceptors (Lipinski definition) is 4. The second kappa shape index (κ2) is 7.45. The minimum atomic E-state index is -0.500. The molecule has 16 heavy (non-hydrogen) atoms. The average Bonchev–Trinajstić information content (AvgIpc) is 2.24. The molecule has 0 aromatic heterocycles. The highest BCUT2D eigenvalue weighted by molar-refractivity contribution is 5.92. The first-order valence-electron chi connectivity index (χ1n) is 4.79. The molecule has 4 heteroatoms. The van der Waals surface area contributed by atoms with E-state index in [0.717, 1.165) is 0 Å². The molecular formula is C12H16O4. The van der Waals surface area contributed by atoms with Crippen LogP contribution in [0, 0.1) is 0 Å². The van der Waals surface area contributed by atoms with Gasteiger partial charge in [-0.1, -0.05) is 25.3 Å². The second-order valence-corrected chi connectivity index (χ2v) is 2.98. The SMILES string of the molecule is C=C/C(C)=C(\C=C)C(=O)OCCOC(C)=O. The van der Waals surface area contributed by atoms with Gasteiger partial charge in [0.1, 0.15) is 13.2 Å². The fourth-order valence-electron chi connectivity index (χ4n) is 0.913. The van der Waals surface area contributed by atoms with Crippen LogP contribution in [0.25, 0.3) is 0 Å². The van der Waals surface area contributed by atoms with E-state index in [4.69, 9.17) is 4.74 Å². The molecule has 0 amide bonds. The van der Waals surface area contributed by atoms with Gasteiger partial charge in [0.25, 0.3) is 0 Å². The van der Waals surface area contributed by atoms with Crippen molar-refractivity contribution >= 4 is 11.9 Å². The number of rotatable bonds is 6. The highest BCUT2D eigenvalue weighted by Crippen LogP contribution is 2.08. The molecule has 0 saturated heterocycles. The molecule has 0 N–H and O–H groups in total. The zero-order valence-corrected chi connectivity index (χ0v) is 9.62. The minimum Gasteiger partial charge on any atom is -0.462 e. The molecule has 0 rings (SSSR count). The van der Waals surface area contributed by atoms with Gasteiger partial charge in [-0.05, 0) is 12.5 Å². The Bertz CT molecular complexity index is 326. The van der Waals surface area contributed by atoms with Gasteiger partial charge >= 0.3 is 11.9 Å². The Morgan fingerprint density at radius 1 is 1.06 bits per heavy atom. The van der Waals surface area contributed by atoms with Gasteiger partial charge in [-0.2, -0.15) is 0 Å². The van der Waals surface area contributed by atoms with Crippen molar-refractivity contribution in [2.24, 2.45) is 0 Å². The van der Waals surface area contributed by atoms with Crippen LogP contribution in [0.15, 0.2) is 36.5 Å². The lowest BCUT2D eigenvalue weighted by Crippen LogP contribution is -2.13. The summed E-state index contributed by atoms with van der Waals surface area (Å²) in [5, 5.41) is 0. The van der Waals surface area contributed by atoms with Crippen molar-refractivity contribution in [3.8, 4) is 0 Å². The topological polar surface area (TPSA) is 52.6 Å². The van der Waals surface area contributed by atoms with E-state index in [1.807, 2.05) is 0 Å². The number of carbonyl (C=O) groups is 2. The zero-order chi connectivity index (χ0) is 12.6. The third-order valence-electron chi connectivity index (χ3n) is 1.78. The molecule has 0 aromatic carbocycles. The van der Waals surface area contributed by atoms with Crippen LogP contribution in [0.3, 0.4) is 0 Å². The van der Waals surface area contributed by atoms with Crippen LogP contribution in [0.5, 0.6) is 0 Å². The summed E-state index contributed by atoms with van der Waals surface area (Å²) in [6, 6.07) is 0. The summed E-state index contributed by atoms with van der Waals surface area (Å²) in [5.41, 5.74) is 1.05. The van der Waals surface area contributed by atoms with Crippen LogP contribution in [-0.2, 0) is 19.1 Å². The van der Waals surface area contributed by atoms with Crippen LogP contribution in [0.4, 0.5) is 0 Å². The van der Waals surface area contributed by atoms with Gasteiger partial charge in [-0.3, -0.25) is 4.79 Å². The molecule has 4 nitrogen and oxygen atoms in total. The van der Waals surface area contributed by atoms with Gasteiger partial charge < -0.3 is 9.47 Å². The Labute approximate surface area is 95.2 Å². The average molecular weight is 224 g/mol. The molecule has 0 saturated carbocycles. The van der Waals surface area contributed by atoms with E-state index in [0.29, 0.717) is 11.1 Å². The van der Waals surface area contributed by atoms with E-state index in [1.165, 1.54) is 13.0 Å². The van der Waals surface area contributed by atoms with E-state index in [-0.39, 0.29) is 13.2 Å². The van der Waals surface area contributed by atoms with Gasteiger partial charge in [0, 0.05) is 6.92 Å². The Balaban J connectivity index is 4.19. The smallest absolute Gasteiger partial charge is 0.338 e. The fraction of sp³-hybridized carbons (Fsp3) is 0.333. The van der Waals surface area contributed by atoms with E-state index in [1.54, 1.807) is 13.0 Å². The third-order valence-corrected chi connectivity index (χ3v) is 1.78. The Morgan fingerprint density at radius 2 is 1.62 bits per heavy atom. The van der Waals surface area contributed by atoms with Crippen molar-refractivity contribution in [1.29, 1.82) is 0 Å². The lowest BCUT2D eigenvalue weighted by Gasteiger charge is -2.06. The van der Waals surface area contributed by atoms with Crippen LogP contribution in [0.1, 0.15) is 13.8 Å². The summed E-state index contributed by atoms with van der Waals surface area (Å²) in [7, 11) is 0. The molecule has 0 radical (unpaired) electrons. The molecule has 0 aliphatic carbocycles. The normalized spacial score (nSPS) is 11.1. The molecule has 0 unspecified atom stereocenters. The third kappa shape index (κ3) is 5.14. The Hall–Kier alpha value is -1.84. The number of allylic oxidation sites excluding steroid dienone is 2. The maximum absolute atomic E-state index is 11.5. The molecule has 0 aliphatic heterocycles. The zero-order valence-electron chi connectivity index (χ0n) is 9.62. The molecule has 0 fully saturated rings. The largest absolute Gasteiger partial charge is 0.462 e. The first-order valence-corrected chi connectivity index (χ1v) is 4.79. The van der Waals surface area contributed by atoms with Crippen LogP contribution in [-0.4, -0.2) is 25.2 Å². The summed E-state index contributed by atoms with van der Waals surface area (Å²) in [6.07, 6.45) is 2.95. The first kappa shape index (κ1) is 14.2. The van der Waals surface area contributed by atoms with Crippen molar-refractivity contribution in [3.05, 3.63) is 36.5 Å². The Morgan fingerprint density at radius 3 is 2.06 bits per heavy atom. The highest BCUT2D eigenvalue weighted by atomic mass is 16.6. The van der Waals surface area contributed by atoms with E-state index < -0.39 is 11.9 Å².